The lowest BCUT2D eigenvalue weighted by Gasteiger charge is -2.15. The molecule has 0 aromatic heterocycles. The van der Waals surface area contributed by atoms with E-state index in [0.717, 1.165) is 6.42 Å². The van der Waals surface area contributed by atoms with Crippen LogP contribution in [0.15, 0.2) is 24.3 Å². The van der Waals surface area contributed by atoms with Crippen LogP contribution in [-0.4, -0.2) is 18.2 Å². The van der Waals surface area contributed by atoms with Crippen molar-refractivity contribution in [1.82, 2.24) is 5.32 Å². The van der Waals surface area contributed by atoms with Crippen LogP contribution in [-0.2, 0) is 0 Å². The zero-order chi connectivity index (χ0) is 11.3. The summed E-state index contributed by atoms with van der Waals surface area (Å²) < 4.78 is 5.51. The lowest BCUT2D eigenvalue weighted by molar-refractivity contribution is -0.384. The second kappa shape index (κ2) is 5.31. The first-order valence-electron chi connectivity index (χ1n) is 4.75. The molecule has 1 atom stereocenters. The van der Waals surface area contributed by atoms with Crippen LogP contribution in [0, 0.1) is 10.1 Å². The van der Waals surface area contributed by atoms with Crippen molar-refractivity contribution < 1.29 is 9.66 Å². The predicted octanol–water partition coefficient (Wildman–Crippen LogP) is 1.93. The van der Waals surface area contributed by atoms with Crippen molar-refractivity contribution in [3.63, 3.8) is 0 Å². The molecule has 0 unspecified atom stereocenters. The largest absolute Gasteiger partial charge is 0.475 e. The number of nitrogens with zero attached hydrogens (tertiary/aromatic N) is 1. The maximum absolute atomic E-state index is 10.4. The number of hydrogen-bond donors (Lipinski definition) is 1. The molecule has 1 aromatic rings. The third kappa shape index (κ3) is 3.21. The van der Waals surface area contributed by atoms with Crippen molar-refractivity contribution in [2.45, 2.75) is 19.6 Å². The molecular weight excluding hydrogens is 196 g/mol. The minimum Gasteiger partial charge on any atom is -0.475 e. The molecule has 0 radical (unpaired) electrons. The number of ether oxygens (including phenoxy) is 1. The number of non-ortho nitro benzene ring substituents is 1. The molecule has 0 aliphatic carbocycles. The summed E-state index contributed by atoms with van der Waals surface area (Å²) >= 11 is 0. The second-order valence-corrected chi connectivity index (χ2v) is 3.05. The van der Waals surface area contributed by atoms with Crippen LogP contribution in [0.2, 0.25) is 0 Å². The highest BCUT2D eigenvalue weighted by molar-refractivity contribution is 5.36. The van der Waals surface area contributed by atoms with Gasteiger partial charge in [-0.2, -0.15) is 0 Å². The monoisotopic (exact) mass is 210 g/mol. The fourth-order valence-electron chi connectivity index (χ4n) is 1.16. The van der Waals surface area contributed by atoms with Crippen LogP contribution in [0.3, 0.4) is 0 Å². The Kier molecular flexibility index (Phi) is 4.05. The van der Waals surface area contributed by atoms with Gasteiger partial charge in [0.15, 0.2) is 0 Å². The van der Waals surface area contributed by atoms with Gasteiger partial charge in [-0.25, -0.2) is 0 Å². The molecule has 1 N–H and O–H groups in total. The van der Waals surface area contributed by atoms with Gasteiger partial charge in [0.2, 0.25) is 0 Å². The van der Waals surface area contributed by atoms with E-state index in [-0.39, 0.29) is 11.9 Å². The van der Waals surface area contributed by atoms with Gasteiger partial charge in [-0.05, 0) is 25.6 Å². The van der Waals surface area contributed by atoms with E-state index >= 15 is 0 Å². The van der Waals surface area contributed by atoms with Crippen molar-refractivity contribution in [2.24, 2.45) is 0 Å². The number of rotatable bonds is 5. The lowest BCUT2D eigenvalue weighted by Crippen LogP contribution is -2.30. The molecular formula is C10H14N2O3. The number of nitro groups is 1. The first kappa shape index (κ1) is 11.5. The molecule has 1 aromatic carbocycles. The van der Waals surface area contributed by atoms with Crippen LogP contribution >= 0.6 is 0 Å². The molecule has 5 nitrogen and oxygen atoms in total. The van der Waals surface area contributed by atoms with Gasteiger partial charge in [-0.15, -0.1) is 0 Å². The Morgan fingerprint density at radius 1 is 1.47 bits per heavy atom. The lowest BCUT2D eigenvalue weighted by atomic mass is 10.3. The molecule has 0 heterocycles. The zero-order valence-corrected chi connectivity index (χ0v) is 8.77. The van der Waals surface area contributed by atoms with Crippen LogP contribution in [0.25, 0.3) is 0 Å². The maximum Gasteiger partial charge on any atom is 0.269 e. The average Bonchev–Trinajstić information content (AvgIpc) is 2.26. The zero-order valence-electron chi connectivity index (χ0n) is 8.77. The molecule has 0 saturated heterocycles. The molecule has 0 bridgehead atoms. The van der Waals surface area contributed by atoms with Crippen molar-refractivity contribution in [2.75, 3.05) is 7.05 Å². The molecule has 0 saturated carbocycles. The van der Waals surface area contributed by atoms with Crippen molar-refractivity contribution >= 4 is 5.69 Å². The molecule has 0 spiro atoms. The topological polar surface area (TPSA) is 64.4 Å². The summed E-state index contributed by atoms with van der Waals surface area (Å²) in [6.07, 6.45) is 0.763. The van der Waals surface area contributed by atoms with Gasteiger partial charge in [0.05, 0.1) is 4.92 Å². The maximum atomic E-state index is 10.4. The van der Waals surface area contributed by atoms with Gasteiger partial charge >= 0.3 is 0 Å². The predicted molar refractivity (Wildman–Crippen MR) is 56.9 cm³/mol. The molecule has 5 heteroatoms. The number of benzene rings is 1. The molecule has 0 aliphatic rings. The van der Waals surface area contributed by atoms with Crippen LogP contribution in [0.5, 0.6) is 5.75 Å². The summed E-state index contributed by atoms with van der Waals surface area (Å²) in [5, 5.41) is 13.4. The van der Waals surface area contributed by atoms with E-state index in [9.17, 15) is 10.1 Å². The van der Waals surface area contributed by atoms with Gasteiger partial charge in [0.1, 0.15) is 12.0 Å². The summed E-state index contributed by atoms with van der Waals surface area (Å²) in [4.78, 5) is 9.97. The minimum atomic E-state index is -0.431. The van der Waals surface area contributed by atoms with E-state index < -0.39 is 4.92 Å². The summed E-state index contributed by atoms with van der Waals surface area (Å²) in [6.45, 7) is 1.99. The van der Waals surface area contributed by atoms with E-state index in [1.807, 2.05) is 6.92 Å². The van der Waals surface area contributed by atoms with Gasteiger partial charge in [0.25, 0.3) is 5.69 Å². The molecule has 0 fully saturated rings. The summed E-state index contributed by atoms with van der Waals surface area (Å²) in [6, 6.07) is 6.05. The van der Waals surface area contributed by atoms with Gasteiger partial charge < -0.3 is 4.74 Å². The molecule has 1 rings (SSSR count). The van der Waals surface area contributed by atoms with Crippen molar-refractivity contribution in [1.29, 1.82) is 0 Å². The number of hydrogen-bond acceptors (Lipinski definition) is 4. The first-order chi connectivity index (χ1) is 7.17. The van der Waals surface area contributed by atoms with Crippen LogP contribution in [0.1, 0.15) is 13.3 Å². The molecule has 0 aliphatic heterocycles. The van der Waals surface area contributed by atoms with Crippen molar-refractivity contribution in [3.8, 4) is 5.75 Å². The number of nitro benzene ring substituents is 1. The summed E-state index contributed by atoms with van der Waals surface area (Å²) in [7, 11) is 1.81. The Balaban J connectivity index is 2.67. The highest BCUT2D eigenvalue weighted by atomic mass is 16.6. The second-order valence-electron chi connectivity index (χ2n) is 3.05. The van der Waals surface area contributed by atoms with Crippen LogP contribution < -0.4 is 10.1 Å². The average molecular weight is 210 g/mol. The van der Waals surface area contributed by atoms with Crippen molar-refractivity contribution in [3.05, 3.63) is 34.4 Å². The standard InChI is InChI=1S/C10H14N2O3/c1-3-10(11-2)15-9-6-4-8(5-7-9)12(13)14/h4-7,10-11H,3H2,1-2H3/t10-/m0/s1. The third-order valence-corrected chi connectivity index (χ3v) is 2.02. The quantitative estimate of drug-likeness (QED) is 0.458. The van der Waals surface area contributed by atoms with E-state index in [1.54, 1.807) is 19.2 Å². The van der Waals surface area contributed by atoms with Gasteiger partial charge in [0, 0.05) is 12.1 Å². The fraction of sp³-hybridized carbons (Fsp3) is 0.400. The smallest absolute Gasteiger partial charge is 0.269 e. The Labute approximate surface area is 88.2 Å². The SMILES string of the molecule is CC[C@@H](NC)Oc1ccc([N+](=O)[O-])cc1. The van der Waals surface area contributed by atoms with E-state index in [1.165, 1.54) is 12.1 Å². The minimum absolute atomic E-state index is 0.0635. The Hall–Kier alpha value is -1.62. The molecule has 0 amide bonds. The molecule has 15 heavy (non-hydrogen) atoms. The van der Waals surface area contributed by atoms with Gasteiger partial charge in [-0.3, -0.25) is 15.4 Å². The Morgan fingerprint density at radius 2 is 2.07 bits per heavy atom. The summed E-state index contributed by atoms with van der Waals surface area (Å²) in [5.41, 5.74) is 0.0693. The normalized spacial score (nSPS) is 12.1. The van der Waals surface area contributed by atoms with E-state index in [4.69, 9.17) is 4.74 Å². The van der Waals surface area contributed by atoms with Gasteiger partial charge in [-0.1, -0.05) is 6.92 Å². The fourth-order valence-corrected chi connectivity index (χ4v) is 1.16. The van der Waals surface area contributed by atoms with Crippen LogP contribution in [0.4, 0.5) is 5.69 Å². The highest BCUT2D eigenvalue weighted by Gasteiger charge is 2.07. The first-order valence-corrected chi connectivity index (χ1v) is 4.75. The third-order valence-electron chi connectivity index (χ3n) is 2.02. The molecule has 82 valence electrons. The Bertz CT molecular complexity index is 320. The number of nitrogens with one attached hydrogen (secondary N) is 1. The van der Waals surface area contributed by atoms with E-state index in [2.05, 4.69) is 5.32 Å². The van der Waals surface area contributed by atoms with E-state index in [0.29, 0.717) is 5.75 Å². The highest BCUT2D eigenvalue weighted by Crippen LogP contribution is 2.18. The summed E-state index contributed by atoms with van der Waals surface area (Å²) in [5.74, 6) is 0.627. The Morgan fingerprint density at radius 3 is 2.47 bits per heavy atom.